The topological polar surface area (TPSA) is 73.6 Å². The number of amides is 1. The number of ether oxygens (including phenoxy) is 2. The summed E-state index contributed by atoms with van der Waals surface area (Å²) in [4.78, 5) is 11.8. The fourth-order valence-electron chi connectivity index (χ4n) is 1.23. The maximum atomic E-state index is 11.6. The number of benzene rings is 1. The third-order valence-corrected chi connectivity index (χ3v) is 2.16. The number of nitrogens with one attached hydrogen (secondary N) is 1. The minimum absolute atomic E-state index is 0.120. The van der Waals surface area contributed by atoms with Crippen molar-refractivity contribution in [3.05, 3.63) is 24.3 Å². The Morgan fingerprint density at radius 2 is 2.11 bits per heavy atom. The van der Waals surface area contributed by atoms with Gasteiger partial charge in [-0.05, 0) is 18.1 Å². The van der Waals surface area contributed by atoms with Crippen LogP contribution in [0.1, 0.15) is 13.8 Å². The number of carbonyl (C=O) groups is 1. The Kier molecular flexibility index (Phi) is 6.08. The van der Waals surface area contributed by atoms with E-state index in [1.54, 1.807) is 24.3 Å². The van der Waals surface area contributed by atoms with Crippen LogP contribution >= 0.6 is 12.2 Å². The molecule has 0 atom stereocenters. The molecule has 1 aromatic carbocycles. The van der Waals surface area contributed by atoms with Gasteiger partial charge in [-0.2, -0.15) is 0 Å². The van der Waals surface area contributed by atoms with Crippen molar-refractivity contribution in [2.45, 2.75) is 13.8 Å². The van der Waals surface area contributed by atoms with Gasteiger partial charge < -0.3 is 15.2 Å². The standard InChI is InChI=1S/C13H18N2O3S/c1-9(2)7-18-13(16)15-10-5-3-4-6-11(10)17-8-12(14)19/h3-6,9H,7-8H2,1-2H3,(H2,14,19)(H,15,16). The van der Waals surface area contributed by atoms with Crippen molar-refractivity contribution in [3.63, 3.8) is 0 Å². The molecule has 1 rings (SSSR count). The highest BCUT2D eigenvalue weighted by molar-refractivity contribution is 7.80. The largest absolute Gasteiger partial charge is 0.484 e. The van der Waals surface area contributed by atoms with Gasteiger partial charge >= 0.3 is 6.09 Å². The van der Waals surface area contributed by atoms with E-state index in [0.29, 0.717) is 18.0 Å². The van der Waals surface area contributed by atoms with Crippen LogP contribution < -0.4 is 15.8 Å². The first-order chi connectivity index (χ1) is 8.99. The molecule has 104 valence electrons. The van der Waals surface area contributed by atoms with Crippen LogP contribution in [0.4, 0.5) is 10.5 Å². The van der Waals surface area contributed by atoms with Gasteiger partial charge in [0.05, 0.1) is 12.3 Å². The first kappa shape index (κ1) is 15.2. The van der Waals surface area contributed by atoms with E-state index in [9.17, 15) is 4.79 Å². The number of hydrogen-bond acceptors (Lipinski definition) is 4. The van der Waals surface area contributed by atoms with Gasteiger partial charge in [-0.15, -0.1) is 0 Å². The van der Waals surface area contributed by atoms with E-state index in [0.717, 1.165) is 0 Å². The van der Waals surface area contributed by atoms with Crippen molar-refractivity contribution in [3.8, 4) is 5.75 Å². The molecule has 0 heterocycles. The summed E-state index contributed by atoms with van der Waals surface area (Å²) in [6, 6.07) is 7.01. The Balaban J connectivity index is 2.61. The molecule has 0 saturated carbocycles. The molecule has 19 heavy (non-hydrogen) atoms. The van der Waals surface area contributed by atoms with Gasteiger partial charge in [0.25, 0.3) is 0 Å². The quantitative estimate of drug-likeness (QED) is 0.784. The second-order valence-electron chi connectivity index (χ2n) is 4.37. The van der Waals surface area contributed by atoms with Crippen molar-refractivity contribution >= 4 is 29.0 Å². The molecule has 0 saturated heterocycles. The van der Waals surface area contributed by atoms with Crippen molar-refractivity contribution in [1.29, 1.82) is 0 Å². The Hall–Kier alpha value is -1.82. The van der Waals surface area contributed by atoms with Crippen molar-refractivity contribution in [1.82, 2.24) is 0 Å². The average Bonchev–Trinajstić information content (AvgIpc) is 2.35. The number of carbonyl (C=O) groups excluding carboxylic acids is 1. The smallest absolute Gasteiger partial charge is 0.411 e. The molecule has 0 spiro atoms. The summed E-state index contributed by atoms with van der Waals surface area (Å²) >= 11 is 4.74. The van der Waals surface area contributed by atoms with Gasteiger partial charge in [0.15, 0.2) is 0 Å². The predicted octanol–water partition coefficient (Wildman–Crippen LogP) is 2.56. The van der Waals surface area contributed by atoms with E-state index < -0.39 is 6.09 Å². The third-order valence-electron chi connectivity index (χ3n) is 2.04. The Morgan fingerprint density at radius 3 is 2.74 bits per heavy atom. The molecule has 0 aliphatic heterocycles. The monoisotopic (exact) mass is 282 g/mol. The van der Waals surface area contributed by atoms with E-state index in [2.05, 4.69) is 5.32 Å². The molecule has 0 bridgehead atoms. The van der Waals surface area contributed by atoms with Crippen LogP contribution in [-0.4, -0.2) is 24.3 Å². The highest BCUT2D eigenvalue weighted by Gasteiger charge is 2.09. The first-order valence-electron chi connectivity index (χ1n) is 5.93. The molecule has 0 aliphatic carbocycles. The van der Waals surface area contributed by atoms with E-state index in [4.69, 9.17) is 27.4 Å². The van der Waals surface area contributed by atoms with Gasteiger partial charge in [0.1, 0.15) is 17.3 Å². The molecule has 1 amide bonds. The maximum absolute atomic E-state index is 11.6. The van der Waals surface area contributed by atoms with Crippen molar-refractivity contribution in [2.24, 2.45) is 11.7 Å². The van der Waals surface area contributed by atoms with Crippen LogP contribution in [0.5, 0.6) is 5.75 Å². The zero-order valence-corrected chi connectivity index (χ0v) is 11.8. The lowest BCUT2D eigenvalue weighted by Crippen LogP contribution is -2.20. The number of anilines is 1. The number of nitrogens with two attached hydrogens (primary N) is 1. The Bertz CT molecular complexity index is 449. The lowest BCUT2D eigenvalue weighted by molar-refractivity contribution is 0.147. The molecular formula is C13H18N2O3S. The lowest BCUT2D eigenvalue weighted by atomic mass is 10.2. The first-order valence-corrected chi connectivity index (χ1v) is 6.33. The van der Waals surface area contributed by atoms with Gasteiger partial charge in [-0.25, -0.2) is 4.79 Å². The summed E-state index contributed by atoms with van der Waals surface area (Å²) in [5.74, 6) is 0.781. The van der Waals surface area contributed by atoms with E-state index in [1.807, 2.05) is 13.8 Å². The minimum Gasteiger partial charge on any atom is -0.484 e. The van der Waals surface area contributed by atoms with Crippen LogP contribution in [0.25, 0.3) is 0 Å². The van der Waals surface area contributed by atoms with Gasteiger partial charge in [0, 0.05) is 0 Å². The van der Waals surface area contributed by atoms with E-state index in [-0.39, 0.29) is 17.5 Å². The molecule has 0 aliphatic rings. The highest BCUT2D eigenvalue weighted by Crippen LogP contribution is 2.23. The molecule has 0 unspecified atom stereocenters. The molecule has 6 heteroatoms. The summed E-state index contributed by atoms with van der Waals surface area (Å²) in [6.45, 7) is 4.41. The number of para-hydroxylation sites is 2. The predicted molar refractivity (Wildman–Crippen MR) is 78.5 cm³/mol. The van der Waals surface area contributed by atoms with Crippen LogP contribution in [-0.2, 0) is 4.74 Å². The second-order valence-corrected chi connectivity index (χ2v) is 4.89. The zero-order valence-electron chi connectivity index (χ0n) is 11.0. The highest BCUT2D eigenvalue weighted by atomic mass is 32.1. The van der Waals surface area contributed by atoms with Gasteiger partial charge in [0.2, 0.25) is 0 Å². The molecule has 5 nitrogen and oxygen atoms in total. The van der Waals surface area contributed by atoms with E-state index in [1.165, 1.54) is 0 Å². The summed E-state index contributed by atoms with van der Waals surface area (Å²) in [5, 5.41) is 2.62. The number of thiocarbonyl (C=S) groups is 1. The van der Waals surface area contributed by atoms with Crippen LogP contribution in [0.2, 0.25) is 0 Å². The van der Waals surface area contributed by atoms with Gasteiger partial charge in [-0.3, -0.25) is 5.32 Å². The molecular weight excluding hydrogens is 264 g/mol. The number of hydrogen-bond donors (Lipinski definition) is 2. The fraction of sp³-hybridized carbons (Fsp3) is 0.385. The van der Waals surface area contributed by atoms with Crippen molar-refractivity contribution in [2.75, 3.05) is 18.5 Å². The normalized spacial score (nSPS) is 10.1. The summed E-state index contributed by atoms with van der Waals surface area (Å²) in [5.41, 5.74) is 5.89. The third kappa shape index (κ3) is 6.05. The van der Waals surface area contributed by atoms with Crippen molar-refractivity contribution < 1.29 is 14.3 Å². The molecule has 0 radical (unpaired) electrons. The summed E-state index contributed by atoms with van der Waals surface area (Å²) in [6.07, 6.45) is -0.514. The molecule has 0 fully saturated rings. The summed E-state index contributed by atoms with van der Waals surface area (Å²) < 4.78 is 10.4. The minimum atomic E-state index is -0.514. The molecule has 3 N–H and O–H groups in total. The zero-order chi connectivity index (χ0) is 14.3. The SMILES string of the molecule is CC(C)COC(=O)Nc1ccccc1OCC(N)=S. The number of rotatable bonds is 6. The lowest BCUT2D eigenvalue weighted by Gasteiger charge is -2.12. The summed E-state index contributed by atoms with van der Waals surface area (Å²) in [7, 11) is 0. The Labute approximate surface area is 118 Å². The molecule has 0 aromatic heterocycles. The van der Waals surface area contributed by atoms with Crippen LogP contribution in [0.3, 0.4) is 0 Å². The molecule has 1 aromatic rings. The van der Waals surface area contributed by atoms with Crippen LogP contribution in [0, 0.1) is 5.92 Å². The second kappa shape index (κ2) is 7.58. The average molecular weight is 282 g/mol. The maximum Gasteiger partial charge on any atom is 0.411 e. The Morgan fingerprint density at radius 1 is 1.42 bits per heavy atom. The van der Waals surface area contributed by atoms with E-state index >= 15 is 0 Å². The fourth-order valence-corrected chi connectivity index (χ4v) is 1.29. The van der Waals surface area contributed by atoms with Crippen LogP contribution in [0.15, 0.2) is 24.3 Å². The van der Waals surface area contributed by atoms with Gasteiger partial charge in [-0.1, -0.05) is 38.2 Å².